The zero-order valence-electron chi connectivity index (χ0n) is 17.9. The summed E-state index contributed by atoms with van der Waals surface area (Å²) < 4.78 is 1.26. The smallest absolute Gasteiger partial charge is 0.330 e. The lowest BCUT2D eigenvalue weighted by atomic mass is 10.1. The molecule has 1 heterocycles. The molecule has 0 atom stereocenters. The van der Waals surface area contributed by atoms with Gasteiger partial charge in [-0.1, -0.05) is 51.3 Å². The first kappa shape index (κ1) is 23.8. The van der Waals surface area contributed by atoms with Crippen LogP contribution in [0.25, 0.3) is 0 Å². The van der Waals surface area contributed by atoms with Crippen molar-refractivity contribution in [3.8, 4) is 0 Å². The van der Waals surface area contributed by atoms with Crippen molar-refractivity contribution in [2.45, 2.75) is 58.9 Å². The molecular formula is C21H29N5O5. The Labute approximate surface area is 179 Å². The highest BCUT2D eigenvalue weighted by Crippen LogP contribution is 2.23. The molecule has 31 heavy (non-hydrogen) atoms. The van der Waals surface area contributed by atoms with E-state index in [0.717, 1.165) is 19.3 Å². The number of carbonyl (C=O) groups excluding carboxylic acids is 1. The number of nitrogen functional groups attached to an aromatic ring is 1. The highest BCUT2D eigenvalue weighted by Gasteiger charge is 2.26. The third-order valence-electron chi connectivity index (χ3n) is 5.04. The number of amides is 1. The first-order valence-electron chi connectivity index (χ1n) is 10.5. The van der Waals surface area contributed by atoms with Gasteiger partial charge in [-0.05, 0) is 12.8 Å². The lowest BCUT2D eigenvalue weighted by Crippen LogP contribution is -2.42. The van der Waals surface area contributed by atoms with Crippen molar-refractivity contribution in [3.05, 3.63) is 60.8 Å². The van der Waals surface area contributed by atoms with Crippen LogP contribution >= 0.6 is 0 Å². The number of benzene rings is 1. The number of nitrogens with two attached hydrogens (primary N) is 1. The number of H-pyrrole nitrogens is 1. The van der Waals surface area contributed by atoms with E-state index in [1.54, 1.807) is 6.07 Å². The van der Waals surface area contributed by atoms with Crippen molar-refractivity contribution in [2.24, 2.45) is 0 Å². The maximum Gasteiger partial charge on any atom is 0.330 e. The molecule has 0 bridgehead atoms. The topological polar surface area (TPSA) is 144 Å². The molecule has 0 saturated carbocycles. The van der Waals surface area contributed by atoms with Gasteiger partial charge in [0.1, 0.15) is 5.82 Å². The van der Waals surface area contributed by atoms with Crippen molar-refractivity contribution in [2.75, 3.05) is 17.2 Å². The molecule has 1 aromatic heterocycles. The van der Waals surface area contributed by atoms with Crippen molar-refractivity contribution in [3.63, 3.8) is 0 Å². The number of carbonyl (C=O) groups is 1. The van der Waals surface area contributed by atoms with Crippen LogP contribution in [0.4, 0.5) is 17.2 Å². The fourth-order valence-corrected chi connectivity index (χ4v) is 3.35. The SMILES string of the molecule is CCCCCN(C(=O)Cc1ccccc1[N+](=O)[O-])c1c(N)n(CCCC)c(=O)[nH]c1=O. The van der Waals surface area contributed by atoms with Gasteiger partial charge in [-0.25, -0.2) is 4.79 Å². The van der Waals surface area contributed by atoms with Crippen LogP contribution in [0, 0.1) is 10.1 Å². The van der Waals surface area contributed by atoms with E-state index in [0.29, 0.717) is 19.4 Å². The quantitative estimate of drug-likeness (QED) is 0.318. The van der Waals surface area contributed by atoms with Gasteiger partial charge in [-0.15, -0.1) is 0 Å². The van der Waals surface area contributed by atoms with E-state index in [1.165, 1.54) is 27.7 Å². The third-order valence-corrected chi connectivity index (χ3v) is 5.04. The Morgan fingerprint density at radius 2 is 1.84 bits per heavy atom. The number of rotatable bonds is 11. The van der Waals surface area contributed by atoms with E-state index < -0.39 is 22.1 Å². The number of aromatic amines is 1. The second-order valence-corrected chi connectivity index (χ2v) is 7.31. The van der Waals surface area contributed by atoms with Crippen LogP contribution in [0.3, 0.4) is 0 Å². The molecule has 1 aromatic carbocycles. The number of nitrogens with one attached hydrogen (secondary N) is 1. The zero-order chi connectivity index (χ0) is 23.0. The molecule has 0 fully saturated rings. The predicted molar refractivity (Wildman–Crippen MR) is 119 cm³/mol. The molecule has 2 rings (SSSR count). The Morgan fingerprint density at radius 3 is 2.48 bits per heavy atom. The van der Waals surface area contributed by atoms with Gasteiger partial charge in [0.05, 0.1) is 11.3 Å². The standard InChI is InChI=1S/C21H29N5O5/c1-3-5-9-13-24(17(27)14-15-10-7-8-11-16(15)26(30)31)18-19(22)25(12-6-4-2)21(29)23-20(18)28/h7-8,10-11H,3-6,9,12-14,22H2,1-2H3,(H,23,28,29). The minimum absolute atomic E-state index is 0.0744. The summed E-state index contributed by atoms with van der Waals surface area (Å²) in [5, 5.41) is 11.3. The molecule has 0 saturated heterocycles. The second-order valence-electron chi connectivity index (χ2n) is 7.31. The predicted octanol–water partition coefficient (Wildman–Crippen LogP) is 2.59. The van der Waals surface area contributed by atoms with Crippen molar-refractivity contribution < 1.29 is 9.72 Å². The van der Waals surface area contributed by atoms with Crippen LogP contribution in [-0.4, -0.2) is 26.9 Å². The second kappa shape index (κ2) is 11.1. The molecule has 0 aliphatic carbocycles. The zero-order valence-corrected chi connectivity index (χ0v) is 17.9. The summed E-state index contributed by atoms with van der Waals surface area (Å²) >= 11 is 0. The Balaban J connectivity index is 2.50. The number of nitrogens with zero attached hydrogens (tertiary/aromatic N) is 3. The van der Waals surface area contributed by atoms with Gasteiger partial charge in [0.25, 0.3) is 11.2 Å². The molecule has 0 unspecified atom stereocenters. The summed E-state index contributed by atoms with van der Waals surface area (Å²) in [7, 11) is 0. The van der Waals surface area contributed by atoms with Crippen LogP contribution in [0.2, 0.25) is 0 Å². The average molecular weight is 431 g/mol. The maximum atomic E-state index is 13.2. The molecular weight excluding hydrogens is 402 g/mol. The van der Waals surface area contributed by atoms with Crippen LogP contribution in [0.15, 0.2) is 33.9 Å². The number of unbranched alkanes of at least 4 members (excludes halogenated alkanes) is 3. The lowest BCUT2D eigenvalue weighted by molar-refractivity contribution is -0.385. The molecule has 3 N–H and O–H groups in total. The van der Waals surface area contributed by atoms with E-state index in [4.69, 9.17) is 5.73 Å². The van der Waals surface area contributed by atoms with Gasteiger partial charge in [0, 0.05) is 24.7 Å². The normalized spacial score (nSPS) is 10.8. The summed E-state index contributed by atoms with van der Waals surface area (Å²) in [4.78, 5) is 52.3. The van der Waals surface area contributed by atoms with E-state index in [1.807, 2.05) is 13.8 Å². The highest BCUT2D eigenvalue weighted by atomic mass is 16.6. The number of nitro groups is 1. The number of aromatic nitrogens is 2. The van der Waals surface area contributed by atoms with E-state index in [-0.39, 0.29) is 35.7 Å². The Kier molecular flexibility index (Phi) is 8.53. The summed E-state index contributed by atoms with van der Waals surface area (Å²) in [6, 6.07) is 5.98. The molecule has 168 valence electrons. The number of hydrogen-bond donors (Lipinski definition) is 2. The average Bonchev–Trinajstić information content (AvgIpc) is 2.72. The Hall–Kier alpha value is -3.43. The maximum absolute atomic E-state index is 13.2. The minimum Gasteiger partial charge on any atom is -0.383 e. The van der Waals surface area contributed by atoms with Gasteiger partial charge in [-0.3, -0.25) is 29.3 Å². The van der Waals surface area contributed by atoms with E-state index in [2.05, 4.69) is 4.98 Å². The summed E-state index contributed by atoms with van der Waals surface area (Å²) in [5.41, 5.74) is 4.80. The molecule has 0 aliphatic heterocycles. The summed E-state index contributed by atoms with van der Waals surface area (Å²) in [6.07, 6.45) is 3.56. The van der Waals surface area contributed by atoms with E-state index >= 15 is 0 Å². The van der Waals surface area contributed by atoms with Gasteiger partial charge in [-0.2, -0.15) is 0 Å². The van der Waals surface area contributed by atoms with Crippen LogP contribution in [0.1, 0.15) is 51.5 Å². The molecule has 1 amide bonds. The fraction of sp³-hybridized carbons (Fsp3) is 0.476. The van der Waals surface area contributed by atoms with Gasteiger partial charge >= 0.3 is 5.69 Å². The highest BCUT2D eigenvalue weighted by molar-refractivity contribution is 5.97. The Morgan fingerprint density at radius 1 is 1.16 bits per heavy atom. The van der Waals surface area contributed by atoms with Crippen molar-refractivity contribution in [1.82, 2.24) is 9.55 Å². The van der Waals surface area contributed by atoms with E-state index in [9.17, 15) is 24.5 Å². The van der Waals surface area contributed by atoms with Gasteiger partial charge in [0.2, 0.25) is 5.91 Å². The minimum atomic E-state index is -0.748. The van der Waals surface area contributed by atoms with Crippen LogP contribution in [-0.2, 0) is 17.8 Å². The molecule has 10 nitrogen and oxygen atoms in total. The van der Waals surface area contributed by atoms with Crippen LogP contribution in [0.5, 0.6) is 0 Å². The molecule has 0 aliphatic rings. The number of hydrogen-bond acceptors (Lipinski definition) is 6. The third kappa shape index (κ3) is 5.80. The number of nitro benzene ring substituents is 1. The molecule has 0 radical (unpaired) electrons. The van der Waals surface area contributed by atoms with Crippen LogP contribution < -0.4 is 21.9 Å². The monoisotopic (exact) mass is 431 g/mol. The first-order valence-corrected chi connectivity index (χ1v) is 10.5. The molecule has 0 spiro atoms. The lowest BCUT2D eigenvalue weighted by Gasteiger charge is -2.24. The Bertz CT molecular complexity index is 1040. The molecule has 10 heteroatoms. The van der Waals surface area contributed by atoms with Crippen molar-refractivity contribution in [1.29, 1.82) is 0 Å². The summed E-state index contributed by atoms with van der Waals surface area (Å²) in [5.74, 6) is -0.571. The first-order chi connectivity index (χ1) is 14.8. The number of anilines is 2. The van der Waals surface area contributed by atoms with Gasteiger partial charge in [0.15, 0.2) is 5.69 Å². The molecule has 2 aromatic rings. The fourth-order valence-electron chi connectivity index (χ4n) is 3.35. The number of para-hydroxylation sites is 1. The van der Waals surface area contributed by atoms with Gasteiger partial charge < -0.3 is 10.6 Å². The van der Waals surface area contributed by atoms with Crippen molar-refractivity contribution >= 4 is 23.1 Å². The largest absolute Gasteiger partial charge is 0.383 e. The summed E-state index contributed by atoms with van der Waals surface area (Å²) in [6.45, 7) is 4.49.